The highest BCUT2D eigenvalue weighted by Crippen LogP contribution is 2.28. The van der Waals surface area contributed by atoms with Gasteiger partial charge in [-0.3, -0.25) is 14.5 Å². The number of hydrogen-bond donors (Lipinski definition) is 1. The Labute approximate surface area is 195 Å². The molecule has 0 radical (unpaired) electrons. The molecule has 6 heteroatoms. The minimum absolute atomic E-state index is 0.122. The van der Waals surface area contributed by atoms with E-state index in [1.807, 2.05) is 75.0 Å². The summed E-state index contributed by atoms with van der Waals surface area (Å²) in [6.45, 7) is 7.29. The van der Waals surface area contributed by atoms with Crippen LogP contribution in [-0.2, 0) is 31.2 Å². The second-order valence-electron chi connectivity index (χ2n) is 7.98. The van der Waals surface area contributed by atoms with Crippen LogP contribution in [0, 0.1) is 6.92 Å². The molecule has 33 heavy (non-hydrogen) atoms. The van der Waals surface area contributed by atoms with Crippen LogP contribution in [0.2, 0.25) is 0 Å². The topological polar surface area (TPSA) is 71.2 Å². The predicted molar refractivity (Wildman–Crippen MR) is 134 cm³/mol. The third-order valence-electron chi connectivity index (χ3n) is 5.72. The number of nitrogens with zero attached hydrogens (tertiary/aromatic N) is 4. The van der Waals surface area contributed by atoms with Gasteiger partial charge < -0.3 is 10.0 Å². The van der Waals surface area contributed by atoms with Crippen molar-refractivity contribution in [3.8, 4) is 0 Å². The number of aliphatic carboxylic acids is 1. The van der Waals surface area contributed by atoms with Gasteiger partial charge in [-0.25, -0.2) is 0 Å². The highest BCUT2D eigenvalue weighted by atomic mass is 16.4. The monoisotopic (exact) mass is 444 g/mol. The molecule has 6 nitrogen and oxygen atoms in total. The third-order valence-corrected chi connectivity index (χ3v) is 5.72. The zero-order chi connectivity index (χ0) is 23.8. The lowest BCUT2D eigenvalue weighted by Crippen LogP contribution is -2.33. The summed E-state index contributed by atoms with van der Waals surface area (Å²) in [7, 11) is 1.88. The lowest BCUT2D eigenvalue weighted by Gasteiger charge is -2.32. The van der Waals surface area contributed by atoms with Gasteiger partial charge in [0.05, 0.1) is 12.1 Å². The minimum atomic E-state index is -0.890. The molecular weight excluding hydrogens is 412 g/mol. The SMILES string of the molecule is C\C=C/C=C/C(=C\C)c1ccnc(C)c(CC(=O)O)c(N2CCc3ccccc3C2)n(C)n1. The van der Waals surface area contributed by atoms with E-state index >= 15 is 0 Å². The first-order valence-electron chi connectivity index (χ1n) is 11.2. The van der Waals surface area contributed by atoms with E-state index in [4.69, 9.17) is 5.10 Å². The average Bonchev–Trinajstić information content (AvgIpc) is 2.85. The van der Waals surface area contributed by atoms with Crippen LogP contribution in [0.3, 0.4) is 0 Å². The van der Waals surface area contributed by atoms with Crippen LogP contribution in [0.4, 0.5) is 5.82 Å². The van der Waals surface area contributed by atoms with E-state index in [1.165, 1.54) is 11.1 Å². The summed E-state index contributed by atoms with van der Waals surface area (Å²) in [5.74, 6) is -0.110. The van der Waals surface area contributed by atoms with Crippen LogP contribution < -0.4 is 4.90 Å². The van der Waals surface area contributed by atoms with Crippen molar-refractivity contribution in [2.24, 2.45) is 7.05 Å². The molecule has 2 heterocycles. The minimum Gasteiger partial charge on any atom is -0.481 e. The van der Waals surface area contributed by atoms with Crippen LogP contribution in [0.1, 0.15) is 41.9 Å². The van der Waals surface area contributed by atoms with Crippen LogP contribution in [0.5, 0.6) is 0 Å². The van der Waals surface area contributed by atoms with E-state index in [2.05, 4.69) is 28.1 Å². The van der Waals surface area contributed by atoms with Crippen molar-refractivity contribution in [1.29, 1.82) is 0 Å². The lowest BCUT2D eigenvalue weighted by molar-refractivity contribution is -0.136. The second-order valence-corrected chi connectivity index (χ2v) is 7.98. The van der Waals surface area contributed by atoms with E-state index in [9.17, 15) is 9.90 Å². The number of carboxylic acids is 1. The van der Waals surface area contributed by atoms with Crippen molar-refractivity contribution in [3.63, 3.8) is 0 Å². The van der Waals surface area contributed by atoms with E-state index in [-0.39, 0.29) is 6.42 Å². The molecule has 0 atom stereocenters. The molecule has 0 unspecified atom stereocenters. The summed E-state index contributed by atoms with van der Waals surface area (Å²) in [5.41, 5.74) is 5.64. The van der Waals surface area contributed by atoms with Gasteiger partial charge in [-0.1, -0.05) is 54.6 Å². The van der Waals surface area contributed by atoms with Crippen LogP contribution >= 0.6 is 0 Å². The summed E-state index contributed by atoms with van der Waals surface area (Å²) in [6, 6.07) is 10.3. The van der Waals surface area contributed by atoms with Crippen molar-refractivity contribution in [2.45, 2.75) is 40.2 Å². The van der Waals surface area contributed by atoms with Gasteiger partial charge in [0.25, 0.3) is 0 Å². The fraction of sp³-hybridized carbons (Fsp3) is 0.296. The Morgan fingerprint density at radius 2 is 1.91 bits per heavy atom. The first-order valence-corrected chi connectivity index (χ1v) is 11.2. The summed E-state index contributed by atoms with van der Waals surface area (Å²) >= 11 is 0. The smallest absolute Gasteiger partial charge is 0.308 e. The lowest BCUT2D eigenvalue weighted by atomic mass is 9.99. The normalized spacial score (nSPS) is 13.9. The van der Waals surface area contributed by atoms with Crippen molar-refractivity contribution >= 4 is 17.4 Å². The molecule has 1 aromatic carbocycles. The molecule has 0 aliphatic carbocycles. The van der Waals surface area contributed by atoms with Gasteiger partial charge >= 0.3 is 5.97 Å². The first kappa shape index (κ1) is 24.0. The summed E-state index contributed by atoms with van der Waals surface area (Å²) < 4.78 is 1.81. The molecule has 0 spiro atoms. The van der Waals surface area contributed by atoms with Crippen molar-refractivity contribution in [2.75, 3.05) is 11.4 Å². The molecule has 1 aromatic heterocycles. The van der Waals surface area contributed by atoms with Crippen molar-refractivity contribution < 1.29 is 9.90 Å². The fourth-order valence-corrected chi connectivity index (χ4v) is 4.08. The molecule has 172 valence electrons. The number of benzene rings is 1. The van der Waals surface area contributed by atoms with E-state index in [0.29, 0.717) is 17.8 Å². The third kappa shape index (κ3) is 5.98. The molecule has 0 fully saturated rings. The number of anilines is 1. The quantitative estimate of drug-likeness (QED) is 0.637. The summed E-state index contributed by atoms with van der Waals surface area (Å²) in [6.07, 6.45) is 12.4. The van der Waals surface area contributed by atoms with Gasteiger partial charge in [0.2, 0.25) is 0 Å². The maximum Gasteiger partial charge on any atom is 0.308 e. The Hall–Kier alpha value is -3.67. The zero-order valence-corrected chi connectivity index (χ0v) is 19.8. The molecular formula is C27H32N4O2. The molecule has 0 amide bonds. The maximum atomic E-state index is 11.8. The molecule has 1 aliphatic rings. The zero-order valence-electron chi connectivity index (χ0n) is 19.8. The number of carbonyl (C=O) groups is 1. The Balaban J connectivity index is 2.23. The van der Waals surface area contributed by atoms with Crippen LogP contribution in [0.15, 0.2) is 66.9 Å². The predicted octanol–water partition coefficient (Wildman–Crippen LogP) is 4.97. The fourth-order valence-electron chi connectivity index (χ4n) is 4.08. The first-order chi connectivity index (χ1) is 15.9. The Kier molecular flexibility index (Phi) is 8.19. The van der Waals surface area contributed by atoms with E-state index < -0.39 is 5.97 Å². The standard InChI is InChI=1S/C27H32N4O2/c1-5-7-8-11-21(6-2)25-14-16-28-20(3)24(18-26(32)33)27(30(4)29-25)31-17-15-22-12-9-10-13-23(22)19-31/h5-14,16H,15,17-19H2,1-4H3,(H,32,33)/b7-5-,11-8+,16-14?,21-6+,27-24?,28-20?,29-25?. The summed E-state index contributed by atoms with van der Waals surface area (Å²) in [5, 5.41) is 14.6. The van der Waals surface area contributed by atoms with E-state index in [0.717, 1.165) is 30.1 Å². The molecule has 3 rings (SSSR count). The van der Waals surface area contributed by atoms with Gasteiger partial charge in [-0.05, 0) is 50.0 Å². The largest absolute Gasteiger partial charge is 0.481 e. The Morgan fingerprint density at radius 1 is 1.15 bits per heavy atom. The van der Waals surface area contributed by atoms with Gasteiger partial charge in [-0.2, -0.15) is 5.10 Å². The van der Waals surface area contributed by atoms with E-state index in [1.54, 1.807) is 6.20 Å². The maximum absolute atomic E-state index is 11.8. The number of rotatable bonds is 6. The number of aromatic nitrogens is 3. The van der Waals surface area contributed by atoms with Crippen LogP contribution in [-0.4, -0.2) is 32.4 Å². The van der Waals surface area contributed by atoms with Gasteiger partial charge in [0.1, 0.15) is 5.82 Å². The van der Waals surface area contributed by atoms with Crippen molar-refractivity contribution in [1.82, 2.24) is 14.8 Å². The molecule has 1 N–H and O–H groups in total. The second kappa shape index (κ2) is 11.3. The highest BCUT2D eigenvalue weighted by molar-refractivity contribution is 5.74. The number of allylic oxidation sites excluding steroid dienone is 6. The number of carboxylic acid groups (broad SMARTS) is 1. The Morgan fingerprint density at radius 3 is 2.61 bits per heavy atom. The average molecular weight is 445 g/mol. The highest BCUT2D eigenvalue weighted by Gasteiger charge is 2.22. The van der Waals surface area contributed by atoms with Gasteiger partial charge in [-0.15, -0.1) is 0 Å². The molecule has 2 aromatic rings. The van der Waals surface area contributed by atoms with Crippen molar-refractivity contribution in [3.05, 3.63) is 95.0 Å². The molecule has 1 aliphatic heterocycles. The molecule has 0 saturated heterocycles. The van der Waals surface area contributed by atoms with Gasteiger partial charge in [0.15, 0.2) is 0 Å². The molecule has 0 bridgehead atoms. The summed E-state index contributed by atoms with van der Waals surface area (Å²) in [4.78, 5) is 18.6. The number of fused-ring (bicyclic) bond motifs is 1. The Bertz CT molecular complexity index is 1160. The number of aryl methyl sites for hydroxylation is 2. The van der Waals surface area contributed by atoms with Gasteiger partial charge in [0, 0.05) is 37.6 Å². The number of hydrogen-bond acceptors (Lipinski definition) is 4. The molecule has 0 saturated carbocycles. The van der Waals surface area contributed by atoms with Crippen LogP contribution in [0.25, 0.3) is 5.57 Å².